The third-order valence-electron chi connectivity index (χ3n) is 4.52. The van der Waals surface area contributed by atoms with Crippen molar-refractivity contribution in [2.24, 2.45) is 4.99 Å². The second kappa shape index (κ2) is 11.1. The van der Waals surface area contributed by atoms with Crippen LogP contribution in [0.15, 0.2) is 53.5 Å². The van der Waals surface area contributed by atoms with Gasteiger partial charge in [0.15, 0.2) is 17.5 Å². The highest BCUT2D eigenvalue weighted by atomic mass is 16.6. The van der Waals surface area contributed by atoms with Gasteiger partial charge in [-0.15, -0.1) is 0 Å². The number of guanidine groups is 1. The number of amides is 1. The van der Waals surface area contributed by atoms with Gasteiger partial charge >= 0.3 is 0 Å². The van der Waals surface area contributed by atoms with Gasteiger partial charge in [0.05, 0.1) is 13.1 Å². The lowest BCUT2D eigenvalue weighted by atomic mass is 10.2. The first-order valence-electron chi connectivity index (χ1n) is 10.5. The maximum absolute atomic E-state index is 11.8. The van der Waals surface area contributed by atoms with Crippen LogP contribution in [0.1, 0.15) is 32.3 Å². The molecular formula is C23H30N4O3. The quantitative estimate of drug-likeness (QED) is 0.459. The number of anilines is 1. The third-order valence-corrected chi connectivity index (χ3v) is 4.52. The minimum atomic E-state index is -0.0964. The van der Waals surface area contributed by atoms with Crippen molar-refractivity contribution in [3.63, 3.8) is 0 Å². The fraction of sp³-hybridized carbons (Fsp3) is 0.391. The molecule has 160 valence electrons. The Labute approximate surface area is 177 Å². The van der Waals surface area contributed by atoms with Crippen molar-refractivity contribution in [2.75, 3.05) is 25.0 Å². The first-order chi connectivity index (χ1) is 14.7. The summed E-state index contributed by atoms with van der Waals surface area (Å²) >= 11 is 0. The van der Waals surface area contributed by atoms with Crippen LogP contribution in [-0.2, 0) is 11.3 Å². The molecule has 1 amide bonds. The van der Waals surface area contributed by atoms with Crippen molar-refractivity contribution in [3.05, 3.63) is 54.1 Å². The molecule has 1 aliphatic rings. The molecule has 0 bridgehead atoms. The lowest BCUT2D eigenvalue weighted by Crippen LogP contribution is -2.45. The number of benzene rings is 2. The van der Waals surface area contributed by atoms with Crippen molar-refractivity contribution in [1.82, 2.24) is 10.6 Å². The molecular weight excluding hydrogens is 380 g/mol. The van der Waals surface area contributed by atoms with Crippen molar-refractivity contribution in [1.29, 1.82) is 0 Å². The van der Waals surface area contributed by atoms with E-state index in [4.69, 9.17) is 9.47 Å². The van der Waals surface area contributed by atoms with E-state index in [1.165, 1.54) is 0 Å². The zero-order chi connectivity index (χ0) is 21.2. The molecule has 7 nitrogen and oxygen atoms in total. The minimum absolute atomic E-state index is 0.0319. The van der Waals surface area contributed by atoms with Crippen LogP contribution < -0.4 is 25.4 Å². The standard InChI is InChI=1S/C23H30N4O3/c1-3-8-22(28)27-18-10-7-9-17(13-18)14-25-23(24-4-2)26-15-19-16-29-20-11-5-6-12-21(20)30-19/h5-7,9-13,19H,3-4,8,14-16H2,1-2H3,(H,27,28)(H2,24,25,26). The molecule has 3 rings (SSSR count). The van der Waals surface area contributed by atoms with E-state index in [1.807, 2.05) is 62.4 Å². The number of aliphatic imine (C=N–C) groups is 1. The zero-order valence-corrected chi connectivity index (χ0v) is 17.6. The van der Waals surface area contributed by atoms with Crippen LogP contribution in [0.2, 0.25) is 0 Å². The molecule has 0 saturated heterocycles. The van der Waals surface area contributed by atoms with Crippen LogP contribution in [-0.4, -0.2) is 37.7 Å². The van der Waals surface area contributed by atoms with Gasteiger partial charge in [-0.3, -0.25) is 4.79 Å². The Hall–Kier alpha value is -3.22. The number of rotatable bonds is 8. The van der Waals surface area contributed by atoms with Gasteiger partial charge < -0.3 is 25.4 Å². The molecule has 0 aliphatic carbocycles. The molecule has 0 aromatic heterocycles. The summed E-state index contributed by atoms with van der Waals surface area (Å²) in [7, 11) is 0. The summed E-state index contributed by atoms with van der Waals surface area (Å²) < 4.78 is 11.7. The lowest BCUT2D eigenvalue weighted by Gasteiger charge is -2.27. The van der Waals surface area contributed by atoms with Crippen LogP contribution in [0.3, 0.4) is 0 Å². The number of nitrogens with zero attached hydrogens (tertiary/aromatic N) is 1. The Morgan fingerprint density at radius 1 is 1.10 bits per heavy atom. The topological polar surface area (TPSA) is 84.0 Å². The Kier molecular flexibility index (Phi) is 7.94. The molecule has 1 unspecified atom stereocenters. The van der Waals surface area contributed by atoms with Crippen molar-refractivity contribution in [2.45, 2.75) is 39.3 Å². The van der Waals surface area contributed by atoms with Crippen molar-refractivity contribution < 1.29 is 14.3 Å². The Morgan fingerprint density at radius 3 is 2.73 bits per heavy atom. The molecule has 0 spiro atoms. The maximum atomic E-state index is 11.8. The average Bonchev–Trinajstić information content (AvgIpc) is 2.76. The number of ether oxygens (including phenoxy) is 2. The fourth-order valence-corrected chi connectivity index (χ4v) is 3.08. The van der Waals surface area contributed by atoms with E-state index in [-0.39, 0.29) is 12.0 Å². The monoisotopic (exact) mass is 410 g/mol. The summed E-state index contributed by atoms with van der Waals surface area (Å²) in [5.74, 6) is 2.28. The molecule has 30 heavy (non-hydrogen) atoms. The van der Waals surface area contributed by atoms with Crippen molar-refractivity contribution >= 4 is 17.6 Å². The summed E-state index contributed by atoms with van der Waals surface area (Å²) in [5, 5.41) is 9.49. The molecule has 1 heterocycles. The van der Waals surface area contributed by atoms with E-state index in [0.29, 0.717) is 32.1 Å². The van der Waals surface area contributed by atoms with Gasteiger partial charge in [0.1, 0.15) is 12.7 Å². The van der Waals surface area contributed by atoms with Gasteiger partial charge in [0.2, 0.25) is 5.91 Å². The summed E-state index contributed by atoms with van der Waals surface area (Å²) in [6, 6.07) is 15.5. The highest BCUT2D eigenvalue weighted by molar-refractivity contribution is 5.90. The van der Waals surface area contributed by atoms with E-state index in [2.05, 4.69) is 20.9 Å². The van der Waals surface area contributed by atoms with Gasteiger partial charge in [-0.2, -0.15) is 0 Å². The highest BCUT2D eigenvalue weighted by Crippen LogP contribution is 2.30. The first kappa shape index (κ1) is 21.5. The van der Waals surface area contributed by atoms with E-state index in [0.717, 1.165) is 35.7 Å². The fourth-order valence-electron chi connectivity index (χ4n) is 3.08. The Balaban J connectivity index is 1.55. The number of fused-ring (bicyclic) bond motifs is 1. The van der Waals surface area contributed by atoms with Crippen LogP contribution in [0, 0.1) is 0 Å². The van der Waals surface area contributed by atoms with E-state index < -0.39 is 0 Å². The number of hydrogen-bond acceptors (Lipinski definition) is 4. The van der Waals surface area contributed by atoms with Gasteiger partial charge in [-0.05, 0) is 43.2 Å². The van der Waals surface area contributed by atoms with Crippen LogP contribution >= 0.6 is 0 Å². The van der Waals surface area contributed by atoms with E-state index in [1.54, 1.807) is 0 Å². The van der Waals surface area contributed by atoms with Gasteiger partial charge in [0, 0.05) is 18.7 Å². The molecule has 0 fully saturated rings. The number of carbonyl (C=O) groups is 1. The molecule has 2 aromatic rings. The third kappa shape index (κ3) is 6.40. The minimum Gasteiger partial charge on any atom is -0.486 e. The second-order valence-electron chi connectivity index (χ2n) is 7.07. The summed E-state index contributed by atoms with van der Waals surface area (Å²) in [6.07, 6.45) is 1.25. The Bertz CT molecular complexity index is 869. The highest BCUT2D eigenvalue weighted by Gasteiger charge is 2.20. The van der Waals surface area contributed by atoms with Gasteiger partial charge in [0.25, 0.3) is 0 Å². The molecule has 1 atom stereocenters. The van der Waals surface area contributed by atoms with Crippen LogP contribution in [0.25, 0.3) is 0 Å². The maximum Gasteiger partial charge on any atom is 0.224 e. The van der Waals surface area contributed by atoms with Gasteiger partial charge in [-0.25, -0.2) is 4.99 Å². The number of carbonyl (C=O) groups excluding carboxylic acids is 1. The molecule has 3 N–H and O–H groups in total. The summed E-state index contributed by atoms with van der Waals surface area (Å²) in [4.78, 5) is 16.5. The number of nitrogens with one attached hydrogen (secondary N) is 3. The molecule has 0 saturated carbocycles. The predicted molar refractivity (Wildman–Crippen MR) is 119 cm³/mol. The molecule has 1 aliphatic heterocycles. The van der Waals surface area contributed by atoms with E-state index in [9.17, 15) is 4.79 Å². The number of hydrogen-bond donors (Lipinski definition) is 3. The smallest absolute Gasteiger partial charge is 0.224 e. The normalized spacial score (nSPS) is 15.4. The SMILES string of the molecule is CCCC(=O)Nc1cccc(CN=C(NCC)NCC2COc3ccccc3O2)c1. The Morgan fingerprint density at radius 2 is 1.93 bits per heavy atom. The molecule has 7 heteroatoms. The molecule has 2 aromatic carbocycles. The second-order valence-corrected chi connectivity index (χ2v) is 7.07. The largest absolute Gasteiger partial charge is 0.486 e. The predicted octanol–water partition coefficient (Wildman–Crippen LogP) is 3.32. The van der Waals surface area contributed by atoms with E-state index >= 15 is 0 Å². The summed E-state index contributed by atoms with van der Waals surface area (Å²) in [6.45, 7) is 6.33. The summed E-state index contributed by atoms with van der Waals surface area (Å²) in [5.41, 5.74) is 1.82. The number of para-hydroxylation sites is 2. The van der Waals surface area contributed by atoms with Gasteiger partial charge in [-0.1, -0.05) is 31.2 Å². The average molecular weight is 411 g/mol. The lowest BCUT2D eigenvalue weighted by molar-refractivity contribution is -0.116. The zero-order valence-electron chi connectivity index (χ0n) is 17.6. The van der Waals surface area contributed by atoms with Crippen LogP contribution in [0.5, 0.6) is 11.5 Å². The first-order valence-corrected chi connectivity index (χ1v) is 10.5. The molecule has 0 radical (unpaired) electrons. The van der Waals surface area contributed by atoms with Crippen molar-refractivity contribution in [3.8, 4) is 11.5 Å². The van der Waals surface area contributed by atoms with Crippen LogP contribution in [0.4, 0.5) is 5.69 Å².